The molecule has 0 saturated carbocycles. The van der Waals surface area contributed by atoms with Gasteiger partial charge < -0.3 is 14.3 Å². The van der Waals surface area contributed by atoms with Crippen LogP contribution in [-0.2, 0) is 5.60 Å². The molecular weight excluding hydrogens is 288 g/mol. The standard InChI is InChI=1S/C17H15ClO3/c1-17(19,12-6-8-13(20-2)9-7-12)15-10-11-4-3-5-14(18)16(11)21-15/h3-10,19H,1-2H3. The van der Waals surface area contributed by atoms with Crippen LogP contribution in [0.2, 0.25) is 5.02 Å². The minimum atomic E-state index is -1.24. The number of hydrogen-bond acceptors (Lipinski definition) is 3. The van der Waals surface area contributed by atoms with Crippen LogP contribution < -0.4 is 4.74 Å². The Morgan fingerprint density at radius 2 is 1.86 bits per heavy atom. The summed E-state index contributed by atoms with van der Waals surface area (Å²) in [6, 6.07) is 14.6. The molecule has 0 fully saturated rings. The number of furan rings is 1. The number of benzene rings is 2. The van der Waals surface area contributed by atoms with Crippen LogP contribution in [0.5, 0.6) is 5.75 Å². The summed E-state index contributed by atoms with van der Waals surface area (Å²) in [4.78, 5) is 0. The van der Waals surface area contributed by atoms with Gasteiger partial charge in [0.15, 0.2) is 5.58 Å². The van der Waals surface area contributed by atoms with Crippen molar-refractivity contribution in [3.8, 4) is 5.75 Å². The fourth-order valence-electron chi connectivity index (χ4n) is 2.33. The fourth-order valence-corrected chi connectivity index (χ4v) is 2.55. The van der Waals surface area contributed by atoms with Gasteiger partial charge in [0.05, 0.1) is 12.1 Å². The second-order valence-corrected chi connectivity index (χ2v) is 5.48. The molecule has 0 aliphatic rings. The Morgan fingerprint density at radius 1 is 1.14 bits per heavy atom. The summed E-state index contributed by atoms with van der Waals surface area (Å²) in [6.45, 7) is 1.69. The Morgan fingerprint density at radius 3 is 2.48 bits per heavy atom. The first kappa shape index (κ1) is 14.0. The molecule has 21 heavy (non-hydrogen) atoms. The van der Waals surface area contributed by atoms with Gasteiger partial charge in [-0.05, 0) is 36.8 Å². The lowest BCUT2D eigenvalue weighted by atomic mass is 9.93. The zero-order valence-corrected chi connectivity index (χ0v) is 12.5. The first-order valence-electron chi connectivity index (χ1n) is 6.58. The summed E-state index contributed by atoms with van der Waals surface area (Å²) in [7, 11) is 1.61. The van der Waals surface area contributed by atoms with Crippen LogP contribution in [0.4, 0.5) is 0 Å². The maximum absolute atomic E-state index is 10.8. The number of rotatable bonds is 3. The van der Waals surface area contributed by atoms with Gasteiger partial charge in [-0.3, -0.25) is 0 Å². The molecule has 0 spiro atoms. The maximum atomic E-state index is 10.8. The third-order valence-electron chi connectivity index (χ3n) is 3.63. The van der Waals surface area contributed by atoms with E-state index in [1.807, 2.05) is 30.3 Å². The molecule has 0 amide bonds. The highest BCUT2D eigenvalue weighted by atomic mass is 35.5. The Labute approximate surface area is 127 Å². The number of methoxy groups -OCH3 is 1. The molecule has 0 saturated heterocycles. The van der Waals surface area contributed by atoms with Gasteiger partial charge in [-0.2, -0.15) is 0 Å². The second kappa shape index (κ2) is 5.10. The van der Waals surface area contributed by atoms with Crippen molar-refractivity contribution in [1.82, 2.24) is 0 Å². The van der Waals surface area contributed by atoms with Crippen LogP contribution in [0.3, 0.4) is 0 Å². The van der Waals surface area contributed by atoms with Gasteiger partial charge in [-0.15, -0.1) is 0 Å². The third-order valence-corrected chi connectivity index (χ3v) is 3.93. The zero-order chi connectivity index (χ0) is 15.0. The Hall–Kier alpha value is -1.97. The normalized spacial score (nSPS) is 14.1. The van der Waals surface area contributed by atoms with Crippen molar-refractivity contribution < 1.29 is 14.3 Å². The van der Waals surface area contributed by atoms with Crippen LogP contribution in [0.25, 0.3) is 11.0 Å². The van der Waals surface area contributed by atoms with E-state index in [1.165, 1.54) is 0 Å². The molecule has 3 aromatic rings. The monoisotopic (exact) mass is 302 g/mol. The average Bonchev–Trinajstić information content (AvgIpc) is 2.94. The van der Waals surface area contributed by atoms with Gasteiger partial charge in [0.2, 0.25) is 0 Å². The summed E-state index contributed by atoms with van der Waals surface area (Å²) in [6.07, 6.45) is 0. The molecule has 3 rings (SSSR count). The van der Waals surface area contributed by atoms with Crippen LogP contribution in [-0.4, -0.2) is 12.2 Å². The number of para-hydroxylation sites is 1. The van der Waals surface area contributed by atoms with E-state index in [9.17, 15) is 5.11 Å². The number of hydrogen-bond donors (Lipinski definition) is 1. The molecule has 2 aromatic carbocycles. The zero-order valence-electron chi connectivity index (χ0n) is 11.8. The predicted molar refractivity (Wildman–Crippen MR) is 82.9 cm³/mol. The molecule has 3 nitrogen and oxygen atoms in total. The van der Waals surface area contributed by atoms with Crippen molar-refractivity contribution in [2.75, 3.05) is 7.11 Å². The third kappa shape index (κ3) is 2.39. The van der Waals surface area contributed by atoms with E-state index >= 15 is 0 Å². The molecule has 1 heterocycles. The number of aliphatic hydroxyl groups is 1. The molecule has 0 aliphatic carbocycles. The lowest BCUT2D eigenvalue weighted by molar-refractivity contribution is 0.0786. The minimum Gasteiger partial charge on any atom is -0.497 e. The van der Waals surface area contributed by atoms with Gasteiger partial charge in [0.25, 0.3) is 0 Å². The van der Waals surface area contributed by atoms with Gasteiger partial charge in [0, 0.05) is 5.39 Å². The van der Waals surface area contributed by atoms with Crippen molar-refractivity contribution in [3.63, 3.8) is 0 Å². The smallest absolute Gasteiger partial charge is 0.153 e. The van der Waals surface area contributed by atoms with Crippen LogP contribution in [0, 0.1) is 0 Å². The van der Waals surface area contributed by atoms with Crippen LogP contribution >= 0.6 is 11.6 Å². The van der Waals surface area contributed by atoms with E-state index in [-0.39, 0.29) is 0 Å². The molecule has 108 valence electrons. The van der Waals surface area contributed by atoms with Crippen molar-refractivity contribution >= 4 is 22.6 Å². The van der Waals surface area contributed by atoms with E-state index in [4.69, 9.17) is 20.8 Å². The molecule has 0 aliphatic heterocycles. The van der Waals surface area contributed by atoms with E-state index < -0.39 is 5.60 Å². The van der Waals surface area contributed by atoms with Gasteiger partial charge in [-0.1, -0.05) is 35.9 Å². The van der Waals surface area contributed by atoms with Crippen molar-refractivity contribution in [2.45, 2.75) is 12.5 Å². The van der Waals surface area contributed by atoms with E-state index in [0.29, 0.717) is 16.4 Å². The number of ether oxygens (including phenoxy) is 1. The SMILES string of the molecule is COc1ccc(C(C)(O)c2cc3cccc(Cl)c3o2)cc1. The largest absolute Gasteiger partial charge is 0.497 e. The summed E-state index contributed by atoms with van der Waals surface area (Å²) in [5.74, 6) is 1.19. The second-order valence-electron chi connectivity index (χ2n) is 5.07. The lowest BCUT2D eigenvalue weighted by Crippen LogP contribution is -2.21. The predicted octanol–water partition coefficient (Wildman–Crippen LogP) is 4.35. The summed E-state index contributed by atoms with van der Waals surface area (Å²) in [5.41, 5.74) is 0.0654. The van der Waals surface area contributed by atoms with Crippen molar-refractivity contribution in [2.24, 2.45) is 0 Å². The summed E-state index contributed by atoms with van der Waals surface area (Å²) in [5, 5.41) is 12.2. The molecule has 1 atom stereocenters. The molecular formula is C17H15ClO3. The van der Waals surface area contributed by atoms with E-state index in [2.05, 4.69) is 0 Å². The maximum Gasteiger partial charge on any atom is 0.153 e. The molecule has 4 heteroatoms. The van der Waals surface area contributed by atoms with Crippen LogP contribution in [0.15, 0.2) is 52.9 Å². The Bertz CT molecular complexity index is 772. The van der Waals surface area contributed by atoms with Crippen LogP contribution in [0.1, 0.15) is 18.2 Å². The lowest BCUT2D eigenvalue weighted by Gasteiger charge is -2.21. The van der Waals surface area contributed by atoms with E-state index in [1.54, 1.807) is 32.2 Å². The first-order valence-corrected chi connectivity index (χ1v) is 6.95. The first-order chi connectivity index (χ1) is 10.0. The molecule has 1 N–H and O–H groups in total. The quantitative estimate of drug-likeness (QED) is 0.782. The van der Waals surface area contributed by atoms with Crippen molar-refractivity contribution in [1.29, 1.82) is 0 Å². The Balaban J connectivity index is 2.07. The van der Waals surface area contributed by atoms with Gasteiger partial charge >= 0.3 is 0 Å². The highest BCUT2D eigenvalue weighted by Gasteiger charge is 2.30. The van der Waals surface area contributed by atoms with Crippen molar-refractivity contribution in [3.05, 3.63) is 64.9 Å². The highest BCUT2D eigenvalue weighted by Crippen LogP contribution is 2.36. The minimum absolute atomic E-state index is 0.454. The fraction of sp³-hybridized carbons (Fsp3) is 0.176. The molecule has 1 aromatic heterocycles. The highest BCUT2D eigenvalue weighted by molar-refractivity contribution is 6.34. The summed E-state index contributed by atoms with van der Waals surface area (Å²) < 4.78 is 10.9. The topological polar surface area (TPSA) is 42.6 Å². The average molecular weight is 303 g/mol. The Kier molecular flexibility index (Phi) is 3.40. The molecule has 0 radical (unpaired) electrons. The van der Waals surface area contributed by atoms with Gasteiger partial charge in [0.1, 0.15) is 17.1 Å². The van der Waals surface area contributed by atoms with E-state index in [0.717, 1.165) is 16.7 Å². The molecule has 0 bridgehead atoms. The number of halogens is 1. The number of fused-ring (bicyclic) bond motifs is 1. The molecule has 1 unspecified atom stereocenters. The van der Waals surface area contributed by atoms with Gasteiger partial charge in [-0.25, -0.2) is 0 Å². The summed E-state index contributed by atoms with van der Waals surface area (Å²) >= 11 is 6.11.